The molecule has 0 bridgehead atoms. The van der Waals surface area contributed by atoms with Crippen LogP contribution >= 0.6 is 0 Å². The van der Waals surface area contributed by atoms with Crippen LogP contribution in [0.2, 0.25) is 0 Å². The number of nitrogens with zero attached hydrogens (tertiary/aromatic N) is 3. The standard InChI is InChI=1S/C30H35N3O/c1-24-9-14-28(20-32-24)29(2,3)33-18-17-30(22-33,23-34-21-27-7-5-4-6-8-27)16-15-25-10-12-26(19-31)13-11-25/h4-14,20H,15-18,21-23H2,1-3H3/t30-/m1/s1. The molecule has 4 nitrogen and oxygen atoms in total. The molecule has 1 atom stereocenters. The summed E-state index contributed by atoms with van der Waals surface area (Å²) in [5.41, 5.74) is 5.52. The molecular weight excluding hydrogens is 418 g/mol. The van der Waals surface area contributed by atoms with Gasteiger partial charge in [0.2, 0.25) is 0 Å². The van der Waals surface area contributed by atoms with Crippen molar-refractivity contribution in [2.45, 2.75) is 52.2 Å². The molecule has 176 valence electrons. The SMILES string of the molecule is Cc1ccc(C(C)(C)N2CC[C@@](CCc3ccc(C#N)cc3)(COCc3ccccc3)C2)cn1. The first-order valence-corrected chi connectivity index (χ1v) is 12.2. The predicted molar refractivity (Wildman–Crippen MR) is 136 cm³/mol. The molecule has 0 spiro atoms. The van der Waals surface area contributed by atoms with Gasteiger partial charge in [-0.1, -0.05) is 48.5 Å². The fraction of sp³-hybridized carbons (Fsp3) is 0.400. The molecule has 34 heavy (non-hydrogen) atoms. The van der Waals surface area contributed by atoms with Gasteiger partial charge < -0.3 is 4.74 Å². The van der Waals surface area contributed by atoms with E-state index in [9.17, 15) is 0 Å². The second-order valence-electron chi connectivity index (χ2n) is 10.2. The Morgan fingerprint density at radius 1 is 1.03 bits per heavy atom. The maximum absolute atomic E-state index is 9.10. The van der Waals surface area contributed by atoms with Gasteiger partial charge in [0.25, 0.3) is 0 Å². The summed E-state index contributed by atoms with van der Waals surface area (Å²) in [6, 6.07) is 25.0. The van der Waals surface area contributed by atoms with E-state index in [0.29, 0.717) is 12.2 Å². The van der Waals surface area contributed by atoms with Gasteiger partial charge in [-0.05, 0) is 81.5 Å². The van der Waals surface area contributed by atoms with Gasteiger partial charge in [-0.15, -0.1) is 0 Å². The molecule has 1 fully saturated rings. The largest absolute Gasteiger partial charge is 0.376 e. The summed E-state index contributed by atoms with van der Waals surface area (Å²) in [6.07, 6.45) is 5.19. The topological polar surface area (TPSA) is 49.2 Å². The average Bonchev–Trinajstić information content (AvgIpc) is 3.29. The molecule has 1 aromatic heterocycles. The normalized spacial score (nSPS) is 18.6. The van der Waals surface area contributed by atoms with Crippen LogP contribution in [-0.2, 0) is 23.3 Å². The zero-order chi connectivity index (χ0) is 24.0. The smallest absolute Gasteiger partial charge is 0.0991 e. The van der Waals surface area contributed by atoms with Gasteiger partial charge >= 0.3 is 0 Å². The van der Waals surface area contributed by atoms with Gasteiger partial charge in [-0.3, -0.25) is 9.88 Å². The van der Waals surface area contributed by atoms with E-state index < -0.39 is 0 Å². The first-order chi connectivity index (χ1) is 16.4. The zero-order valence-electron chi connectivity index (χ0n) is 20.6. The van der Waals surface area contributed by atoms with Crippen LogP contribution in [0.3, 0.4) is 0 Å². The van der Waals surface area contributed by atoms with E-state index in [4.69, 9.17) is 10.00 Å². The summed E-state index contributed by atoms with van der Waals surface area (Å²) in [4.78, 5) is 7.15. The molecule has 0 radical (unpaired) electrons. The molecule has 2 heterocycles. The number of pyridine rings is 1. The summed E-state index contributed by atoms with van der Waals surface area (Å²) in [5, 5.41) is 9.10. The summed E-state index contributed by atoms with van der Waals surface area (Å²) in [7, 11) is 0. The average molecular weight is 454 g/mol. The summed E-state index contributed by atoms with van der Waals surface area (Å²) < 4.78 is 6.33. The molecule has 1 aliphatic heterocycles. The molecule has 0 unspecified atom stereocenters. The monoisotopic (exact) mass is 453 g/mol. The van der Waals surface area contributed by atoms with Gasteiger partial charge in [0.15, 0.2) is 0 Å². The minimum atomic E-state index is -0.0870. The van der Waals surface area contributed by atoms with Gasteiger partial charge in [0, 0.05) is 29.4 Å². The molecule has 2 aromatic carbocycles. The third kappa shape index (κ3) is 5.73. The quantitative estimate of drug-likeness (QED) is 0.396. The summed E-state index contributed by atoms with van der Waals surface area (Å²) in [5.74, 6) is 0. The fourth-order valence-corrected chi connectivity index (χ4v) is 4.93. The van der Waals surface area contributed by atoms with Crippen molar-refractivity contribution >= 4 is 0 Å². The Bertz CT molecular complexity index is 1100. The minimum absolute atomic E-state index is 0.0870. The predicted octanol–water partition coefficient (Wildman–Crippen LogP) is 6.04. The Kier molecular flexibility index (Phi) is 7.46. The number of benzene rings is 2. The number of aromatic nitrogens is 1. The van der Waals surface area contributed by atoms with Crippen molar-refractivity contribution in [3.05, 3.63) is 101 Å². The van der Waals surface area contributed by atoms with Crippen LogP contribution in [0.1, 0.15) is 54.6 Å². The van der Waals surface area contributed by atoms with Crippen molar-refractivity contribution < 1.29 is 4.74 Å². The third-order valence-electron chi connectivity index (χ3n) is 7.39. The number of hydrogen-bond donors (Lipinski definition) is 0. The Morgan fingerprint density at radius 3 is 2.47 bits per heavy atom. The molecule has 4 heteroatoms. The van der Waals surface area contributed by atoms with Crippen LogP contribution in [0, 0.1) is 23.7 Å². The maximum atomic E-state index is 9.10. The second kappa shape index (κ2) is 10.5. The van der Waals surface area contributed by atoms with Crippen molar-refractivity contribution in [2.75, 3.05) is 19.7 Å². The van der Waals surface area contributed by atoms with E-state index in [2.05, 4.69) is 78.3 Å². The van der Waals surface area contributed by atoms with Crippen LogP contribution in [0.15, 0.2) is 72.9 Å². The fourth-order valence-electron chi connectivity index (χ4n) is 4.93. The van der Waals surface area contributed by atoms with Crippen LogP contribution in [-0.4, -0.2) is 29.6 Å². The van der Waals surface area contributed by atoms with Crippen molar-refractivity contribution in [1.29, 1.82) is 5.26 Å². The number of aryl methyl sites for hydroxylation is 2. The second-order valence-corrected chi connectivity index (χ2v) is 10.2. The van der Waals surface area contributed by atoms with Crippen LogP contribution in [0.25, 0.3) is 0 Å². The van der Waals surface area contributed by atoms with Crippen molar-refractivity contribution in [2.24, 2.45) is 5.41 Å². The lowest BCUT2D eigenvalue weighted by atomic mass is 9.81. The zero-order valence-corrected chi connectivity index (χ0v) is 20.6. The number of ether oxygens (including phenoxy) is 1. The highest BCUT2D eigenvalue weighted by Gasteiger charge is 2.43. The molecule has 4 rings (SSSR count). The Labute approximate surface area is 204 Å². The van der Waals surface area contributed by atoms with Crippen LogP contribution in [0.4, 0.5) is 0 Å². The lowest BCUT2D eigenvalue weighted by molar-refractivity contribution is 0.0240. The van der Waals surface area contributed by atoms with E-state index in [1.54, 1.807) is 0 Å². The van der Waals surface area contributed by atoms with Crippen molar-refractivity contribution in [3.63, 3.8) is 0 Å². The Balaban J connectivity index is 1.48. The van der Waals surface area contributed by atoms with E-state index in [0.717, 1.165) is 44.7 Å². The lowest BCUT2D eigenvalue weighted by Crippen LogP contribution is -2.42. The molecular formula is C30H35N3O. The number of nitriles is 1. The van der Waals surface area contributed by atoms with E-state index in [1.165, 1.54) is 16.7 Å². The van der Waals surface area contributed by atoms with E-state index >= 15 is 0 Å². The summed E-state index contributed by atoms with van der Waals surface area (Å²) in [6.45, 7) is 10.1. The first kappa shape index (κ1) is 24.1. The molecule has 3 aromatic rings. The minimum Gasteiger partial charge on any atom is -0.376 e. The van der Waals surface area contributed by atoms with Gasteiger partial charge in [-0.2, -0.15) is 5.26 Å². The highest BCUT2D eigenvalue weighted by molar-refractivity contribution is 5.31. The van der Waals surface area contributed by atoms with Crippen LogP contribution < -0.4 is 0 Å². The van der Waals surface area contributed by atoms with Gasteiger partial charge in [0.1, 0.15) is 0 Å². The highest BCUT2D eigenvalue weighted by Crippen LogP contribution is 2.41. The molecule has 1 saturated heterocycles. The number of rotatable bonds is 9. The maximum Gasteiger partial charge on any atom is 0.0991 e. The van der Waals surface area contributed by atoms with E-state index in [-0.39, 0.29) is 11.0 Å². The highest BCUT2D eigenvalue weighted by atomic mass is 16.5. The lowest BCUT2D eigenvalue weighted by Gasteiger charge is -2.38. The number of hydrogen-bond acceptors (Lipinski definition) is 4. The van der Waals surface area contributed by atoms with Crippen LogP contribution in [0.5, 0.6) is 0 Å². The molecule has 0 amide bonds. The number of likely N-dealkylation sites (tertiary alicyclic amines) is 1. The third-order valence-corrected chi connectivity index (χ3v) is 7.39. The van der Waals surface area contributed by atoms with Crippen molar-refractivity contribution in [3.8, 4) is 6.07 Å². The Hall–Kier alpha value is -3.00. The molecule has 0 saturated carbocycles. The molecule has 1 aliphatic rings. The Morgan fingerprint density at radius 2 is 1.79 bits per heavy atom. The van der Waals surface area contributed by atoms with Crippen molar-refractivity contribution in [1.82, 2.24) is 9.88 Å². The van der Waals surface area contributed by atoms with Gasteiger partial charge in [0.05, 0.1) is 24.8 Å². The first-order valence-electron chi connectivity index (χ1n) is 12.2. The van der Waals surface area contributed by atoms with E-state index in [1.807, 2.05) is 31.3 Å². The molecule has 0 N–H and O–H groups in total. The van der Waals surface area contributed by atoms with Gasteiger partial charge in [-0.25, -0.2) is 0 Å². The molecule has 0 aliphatic carbocycles. The summed E-state index contributed by atoms with van der Waals surface area (Å²) >= 11 is 0.